The Hall–Kier alpha value is -0.0900. The van der Waals surface area contributed by atoms with Crippen LogP contribution in [0, 0.1) is 0 Å². The highest BCUT2D eigenvalue weighted by atomic mass is 79.9. The topological polar surface area (TPSA) is 35.5 Å². The Balaban J connectivity index is 2.35. The number of halogens is 1. The summed E-state index contributed by atoms with van der Waals surface area (Å²) in [7, 11) is 0. The summed E-state index contributed by atoms with van der Waals surface area (Å²) >= 11 is 3.38. The summed E-state index contributed by atoms with van der Waals surface area (Å²) < 4.78 is 10.1. The highest BCUT2D eigenvalue weighted by Gasteiger charge is 2.25. The molecule has 1 fully saturated rings. The standard InChI is InChI=1S/C7H11BrO3/c1-5(9)11-7-6(8)3-2-4-10-7/h6-7H,2-4H2,1H3/t6-,7+/m0/s1. The predicted molar refractivity (Wildman–Crippen MR) is 43.5 cm³/mol. The van der Waals surface area contributed by atoms with Crippen molar-refractivity contribution in [1.82, 2.24) is 0 Å². The first-order chi connectivity index (χ1) is 5.20. The molecule has 0 aliphatic carbocycles. The van der Waals surface area contributed by atoms with Crippen LogP contribution in [0.2, 0.25) is 0 Å². The zero-order chi connectivity index (χ0) is 8.27. The molecule has 1 aliphatic rings. The zero-order valence-corrected chi connectivity index (χ0v) is 7.96. The van der Waals surface area contributed by atoms with Gasteiger partial charge in [0, 0.05) is 6.92 Å². The van der Waals surface area contributed by atoms with Gasteiger partial charge in [0.1, 0.15) is 0 Å². The Morgan fingerprint density at radius 1 is 1.73 bits per heavy atom. The van der Waals surface area contributed by atoms with Gasteiger partial charge in [-0.1, -0.05) is 15.9 Å². The van der Waals surface area contributed by atoms with E-state index >= 15 is 0 Å². The Bertz CT molecular complexity index is 149. The van der Waals surface area contributed by atoms with Crippen LogP contribution >= 0.6 is 15.9 Å². The van der Waals surface area contributed by atoms with E-state index in [0.717, 1.165) is 12.8 Å². The first-order valence-corrected chi connectivity index (χ1v) is 4.54. The van der Waals surface area contributed by atoms with Gasteiger partial charge in [-0.2, -0.15) is 0 Å². The third-order valence-corrected chi connectivity index (χ3v) is 2.37. The van der Waals surface area contributed by atoms with Crippen LogP contribution in [-0.2, 0) is 14.3 Å². The van der Waals surface area contributed by atoms with E-state index in [-0.39, 0.29) is 17.1 Å². The second kappa shape index (κ2) is 4.07. The first-order valence-electron chi connectivity index (χ1n) is 3.63. The van der Waals surface area contributed by atoms with Crippen LogP contribution in [0.15, 0.2) is 0 Å². The zero-order valence-electron chi connectivity index (χ0n) is 6.38. The van der Waals surface area contributed by atoms with Crippen molar-refractivity contribution in [1.29, 1.82) is 0 Å². The number of carbonyl (C=O) groups excluding carboxylic acids is 1. The van der Waals surface area contributed by atoms with Crippen molar-refractivity contribution in [2.75, 3.05) is 6.61 Å². The second-order valence-corrected chi connectivity index (χ2v) is 3.68. The highest BCUT2D eigenvalue weighted by Crippen LogP contribution is 2.21. The molecule has 0 aromatic carbocycles. The van der Waals surface area contributed by atoms with Crippen molar-refractivity contribution in [2.24, 2.45) is 0 Å². The average Bonchev–Trinajstić information content (AvgIpc) is 1.93. The Kier molecular flexibility index (Phi) is 3.33. The van der Waals surface area contributed by atoms with Crippen LogP contribution in [0.3, 0.4) is 0 Å². The summed E-state index contributed by atoms with van der Waals surface area (Å²) in [5.74, 6) is -0.290. The minimum Gasteiger partial charge on any atom is -0.435 e. The summed E-state index contributed by atoms with van der Waals surface area (Å²) in [6, 6.07) is 0. The maximum atomic E-state index is 10.5. The fourth-order valence-corrected chi connectivity index (χ4v) is 1.57. The van der Waals surface area contributed by atoms with E-state index in [1.807, 2.05) is 0 Å². The molecular weight excluding hydrogens is 212 g/mol. The van der Waals surface area contributed by atoms with E-state index in [1.54, 1.807) is 0 Å². The molecule has 1 heterocycles. The third-order valence-electron chi connectivity index (χ3n) is 1.48. The summed E-state index contributed by atoms with van der Waals surface area (Å²) in [5, 5.41) is 0. The number of ether oxygens (including phenoxy) is 2. The fourth-order valence-electron chi connectivity index (χ4n) is 0.990. The predicted octanol–water partition coefficient (Wildman–Crippen LogP) is 1.45. The molecule has 4 heteroatoms. The van der Waals surface area contributed by atoms with Gasteiger partial charge in [-0.15, -0.1) is 0 Å². The monoisotopic (exact) mass is 222 g/mol. The number of esters is 1. The lowest BCUT2D eigenvalue weighted by Gasteiger charge is -2.26. The molecule has 1 rings (SSSR count). The van der Waals surface area contributed by atoms with Gasteiger partial charge < -0.3 is 9.47 Å². The lowest BCUT2D eigenvalue weighted by atomic mass is 10.2. The molecule has 64 valence electrons. The SMILES string of the molecule is CC(=O)O[C@H]1OCCC[C@@H]1Br. The molecule has 2 atom stereocenters. The summed E-state index contributed by atoms with van der Waals surface area (Å²) in [6.07, 6.45) is 1.63. The molecule has 0 saturated carbocycles. The average molecular weight is 223 g/mol. The van der Waals surface area contributed by atoms with Crippen molar-refractivity contribution >= 4 is 21.9 Å². The van der Waals surface area contributed by atoms with Crippen LogP contribution in [0.5, 0.6) is 0 Å². The summed E-state index contributed by atoms with van der Waals surface area (Å²) in [5.41, 5.74) is 0. The Labute approximate surface area is 74.2 Å². The van der Waals surface area contributed by atoms with Gasteiger partial charge in [-0.05, 0) is 12.8 Å². The fraction of sp³-hybridized carbons (Fsp3) is 0.857. The number of hydrogen-bond acceptors (Lipinski definition) is 3. The van der Waals surface area contributed by atoms with Crippen molar-refractivity contribution < 1.29 is 14.3 Å². The molecule has 0 amide bonds. The van der Waals surface area contributed by atoms with Crippen molar-refractivity contribution in [3.05, 3.63) is 0 Å². The van der Waals surface area contributed by atoms with Crippen LogP contribution in [0.4, 0.5) is 0 Å². The molecular formula is C7H11BrO3. The molecule has 0 radical (unpaired) electrons. The molecule has 1 saturated heterocycles. The van der Waals surface area contributed by atoms with E-state index in [9.17, 15) is 4.79 Å². The van der Waals surface area contributed by atoms with E-state index in [1.165, 1.54) is 6.92 Å². The van der Waals surface area contributed by atoms with Crippen molar-refractivity contribution in [3.8, 4) is 0 Å². The van der Waals surface area contributed by atoms with E-state index in [4.69, 9.17) is 9.47 Å². The molecule has 1 aliphatic heterocycles. The Morgan fingerprint density at radius 3 is 3.00 bits per heavy atom. The maximum absolute atomic E-state index is 10.5. The quantitative estimate of drug-likeness (QED) is 0.498. The van der Waals surface area contributed by atoms with Crippen molar-refractivity contribution in [2.45, 2.75) is 30.9 Å². The first kappa shape index (κ1) is 9.00. The Morgan fingerprint density at radius 2 is 2.45 bits per heavy atom. The normalized spacial score (nSPS) is 31.5. The minimum atomic E-state index is -0.388. The number of carbonyl (C=O) groups is 1. The molecule has 3 nitrogen and oxygen atoms in total. The van der Waals surface area contributed by atoms with Crippen LogP contribution in [-0.4, -0.2) is 23.7 Å². The van der Waals surface area contributed by atoms with Gasteiger partial charge in [-0.3, -0.25) is 4.79 Å². The smallest absolute Gasteiger partial charge is 0.304 e. The van der Waals surface area contributed by atoms with E-state index < -0.39 is 0 Å². The van der Waals surface area contributed by atoms with Crippen LogP contribution in [0.25, 0.3) is 0 Å². The van der Waals surface area contributed by atoms with E-state index in [0.29, 0.717) is 6.61 Å². The van der Waals surface area contributed by atoms with Crippen LogP contribution < -0.4 is 0 Å². The highest BCUT2D eigenvalue weighted by molar-refractivity contribution is 9.09. The molecule has 11 heavy (non-hydrogen) atoms. The molecule has 0 unspecified atom stereocenters. The van der Waals surface area contributed by atoms with Gasteiger partial charge in [0.25, 0.3) is 0 Å². The second-order valence-electron chi connectivity index (χ2n) is 2.51. The van der Waals surface area contributed by atoms with Gasteiger partial charge in [0.15, 0.2) is 0 Å². The molecule has 0 bridgehead atoms. The third kappa shape index (κ3) is 2.79. The summed E-state index contributed by atoms with van der Waals surface area (Å²) in [6.45, 7) is 2.07. The van der Waals surface area contributed by atoms with Gasteiger partial charge in [0.05, 0.1) is 11.4 Å². The molecule has 0 N–H and O–H groups in total. The molecule has 0 spiro atoms. The largest absolute Gasteiger partial charge is 0.435 e. The maximum Gasteiger partial charge on any atom is 0.304 e. The lowest BCUT2D eigenvalue weighted by molar-refractivity contribution is -0.181. The molecule has 0 aromatic rings. The number of rotatable bonds is 1. The van der Waals surface area contributed by atoms with Gasteiger partial charge in [0.2, 0.25) is 6.29 Å². The molecule has 0 aromatic heterocycles. The number of hydrogen-bond donors (Lipinski definition) is 0. The minimum absolute atomic E-state index is 0.153. The lowest BCUT2D eigenvalue weighted by Crippen LogP contribution is -2.33. The van der Waals surface area contributed by atoms with E-state index in [2.05, 4.69) is 15.9 Å². The van der Waals surface area contributed by atoms with Crippen LogP contribution in [0.1, 0.15) is 19.8 Å². The van der Waals surface area contributed by atoms with Crippen molar-refractivity contribution in [3.63, 3.8) is 0 Å². The van der Waals surface area contributed by atoms with Gasteiger partial charge in [-0.25, -0.2) is 0 Å². The number of alkyl halides is 1. The van der Waals surface area contributed by atoms with Gasteiger partial charge >= 0.3 is 5.97 Å². The summed E-state index contributed by atoms with van der Waals surface area (Å²) in [4.78, 5) is 10.7.